The minimum absolute atomic E-state index is 0.0633. The van der Waals surface area contributed by atoms with Gasteiger partial charge < -0.3 is 10.6 Å². The fourth-order valence-corrected chi connectivity index (χ4v) is 1.62. The summed E-state index contributed by atoms with van der Waals surface area (Å²) in [5.74, 6) is -0.0633. The maximum absolute atomic E-state index is 12.0. The van der Waals surface area contributed by atoms with Crippen LogP contribution in [0.1, 0.15) is 12.8 Å². The molecule has 0 saturated carbocycles. The molecule has 0 fully saturated rings. The predicted octanol–water partition coefficient (Wildman–Crippen LogP) is -1.16. The van der Waals surface area contributed by atoms with Crippen LogP contribution in [-0.4, -0.2) is 40.6 Å². The molecule has 0 aliphatic rings. The van der Waals surface area contributed by atoms with Crippen molar-refractivity contribution in [3.63, 3.8) is 0 Å². The average molecular weight is 268 g/mol. The highest BCUT2D eigenvalue weighted by Gasteiger charge is 2.08. The molecule has 1 heterocycles. The van der Waals surface area contributed by atoms with E-state index < -0.39 is 5.69 Å². The van der Waals surface area contributed by atoms with Crippen LogP contribution in [0.15, 0.2) is 21.9 Å². The highest BCUT2D eigenvalue weighted by molar-refractivity contribution is 5.75. The molecule has 19 heavy (non-hydrogen) atoms. The average Bonchev–Trinajstić information content (AvgIpc) is 2.37. The van der Waals surface area contributed by atoms with Crippen molar-refractivity contribution in [1.82, 2.24) is 14.0 Å². The van der Waals surface area contributed by atoms with Crippen molar-refractivity contribution in [2.24, 2.45) is 5.73 Å². The molecule has 7 heteroatoms. The van der Waals surface area contributed by atoms with E-state index in [1.165, 1.54) is 21.7 Å². The van der Waals surface area contributed by atoms with E-state index in [1.54, 1.807) is 14.1 Å². The summed E-state index contributed by atoms with van der Waals surface area (Å²) < 4.78 is 2.52. The van der Waals surface area contributed by atoms with E-state index in [0.717, 1.165) is 4.57 Å². The van der Waals surface area contributed by atoms with Gasteiger partial charge in [0.2, 0.25) is 5.91 Å². The first-order valence-electron chi connectivity index (χ1n) is 6.18. The van der Waals surface area contributed by atoms with Gasteiger partial charge in [0.05, 0.1) is 0 Å². The number of rotatable bonds is 6. The van der Waals surface area contributed by atoms with Gasteiger partial charge in [0.25, 0.3) is 5.56 Å². The van der Waals surface area contributed by atoms with Crippen LogP contribution < -0.4 is 17.0 Å². The van der Waals surface area contributed by atoms with Crippen molar-refractivity contribution in [2.75, 3.05) is 20.6 Å². The maximum Gasteiger partial charge on any atom is 0.330 e. The first kappa shape index (κ1) is 15.2. The molecule has 0 atom stereocenters. The van der Waals surface area contributed by atoms with E-state index in [0.29, 0.717) is 19.5 Å². The van der Waals surface area contributed by atoms with E-state index in [2.05, 4.69) is 0 Å². The molecule has 7 nitrogen and oxygen atoms in total. The van der Waals surface area contributed by atoms with Gasteiger partial charge in [-0.1, -0.05) is 0 Å². The predicted molar refractivity (Wildman–Crippen MR) is 71.9 cm³/mol. The van der Waals surface area contributed by atoms with Gasteiger partial charge in [-0.3, -0.25) is 18.7 Å². The van der Waals surface area contributed by atoms with Crippen LogP contribution in [0.2, 0.25) is 0 Å². The SMILES string of the molecule is CN(C)C(=O)CCn1ccc(=O)n(CCCN)c1=O. The largest absolute Gasteiger partial charge is 0.349 e. The zero-order valence-corrected chi connectivity index (χ0v) is 11.3. The second-order valence-electron chi connectivity index (χ2n) is 4.46. The van der Waals surface area contributed by atoms with Crippen molar-refractivity contribution in [1.29, 1.82) is 0 Å². The Labute approximate surface area is 111 Å². The molecule has 106 valence electrons. The normalized spacial score (nSPS) is 10.5. The molecule has 0 spiro atoms. The van der Waals surface area contributed by atoms with Crippen LogP contribution >= 0.6 is 0 Å². The molecule has 2 N–H and O–H groups in total. The Morgan fingerprint density at radius 1 is 1.32 bits per heavy atom. The highest BCUT2D eigenvalue weighted by atomic mass is 16.2. The van der Waals surface area contributed by atoms with Crippen molar-refractivity contribution >= 4 is 5.91 Å². The Kier molecular flexibility index (Phi) is 5.50. The van der Waals surface area contributed by atoms with Gasteiger partial charge in [0.1, 0.15) is 0 Å². The Balaban J connectivity index is 2.88. The third-order valence-corrected chi connectivity index (χ3v) is 2.79. The lowest BCUT2D eigenvalue weighted by Crippen LogP contribution is -2.40. The fraction of sp³-hybridized carbons (Fsp3) is 0.583. The van der Waals surface area contributed by atoms with Crippen LogP contribution in [0, 0.1) is 0 Å². The lowest BCUT2D eigenvalue weighted by Gasteiger charge is -2.12. The number of carbonyl (C=O) groups is 1. The van der Waals surface area contributed by atoms with Crippen molar-refractivity contribution < 1.29 is 4.79 Å². The van der Waals surface area contributed by atoms with Gasteiger partial charge in [-0.15, -0.1) is 0 Å². The van der Waals surface area contributed by atoms with E-state index >= 15 is 0 Å². The monoisotopic (exact) mass is 268 g/mol. The number of hydrogen-bond donors (Lipinski definition) is 1. The third kappa shape index (κ3) is 4.06. The van der Waals surface area contributed by atoms with E-state index in [9.17, 15) is 14.4 Å². The first-order chi connectivity index (χ1) is 8.97. The van der Waals surface area contributed by atoms with Gasteiger partial charge in [-0.25, -0.2) is 4.79 Å². The number of aryl methyl sites for hydroxylation is 1. The minimum Gasteiger partial charge on any atom is -0.349 e. The molecule has 0 aliphatic heterocycles. The second-order valence-corrected chi connectivity index (χ2v) is 4.46. The number of carbonyl (C=O) groups excluding carboxylic acids is 1. The molecular formula is C12H20N4O3. The zero-order chi connectivity index (χ0) is 14.4. The summed E-state index contributed by atoms with van der Waals surface area (Å²) in [7, 11) is 3.32. The Morgan fingerprint density at radius 3 is 2.58 bits per heavy atom. The van der Waals surface area contributed by atoms with E-state index in [-0.39, 0.29) is 24.4 Å². The van der Waals surface area contributed by atoms with Crippen LogP contribution in [0.5, 0.6) is 0 Å². The molecule has 1 amide bonds. The summed E-state index contributed by atoms with van der Waals surface area (Å²) in [5.41, 5.74) is 4.64. The third-order valence-electron chi connectivity index (χ3n) is 2.79. The van der Waals surface area contributed by atoms with Crippen molar-refractivity contribution in [3.05, 3.63) is 33.1 Å². The Morgan fingerprint density at radius 2 is 2.00 bits per heavy atom. The highest BCUT2D eigenvalue weighted by Crippen LogP contribution is 1.91. The summed E-state index contributed by atoms with van der Waals surface area (Å²) in [5, 5.41) is 0. The number of aromatic nitrogens is 2. The molecule has 0 bridgehead atoms. The van der Waals surface area contributed by atoms with Gasteiger partial charge in [-0.2, -0.15) is 0 Å². The molecule has 0 aliphatic carbocycles. The zero-order valence-electron chi connectivity index (χ0n) is 11.3. The van der Waals surface area contributed by atoms with Crippen LogP contribution in [-0.2, 0) is 17.9 Å². The van der Waals surface area contributed by atoms with E-state index in [4.69, 9.17) is 5.73 Å². The summed E-state index contributed by atoms with van der Waals surface area (Å²) in [6.45, 7) is 0.981. The molecule has 0 unspecified atom stereocenters. The standard InChI is InChI=1S/C12H20N4O3/c1-14(2)10(17)4-8-15-9-5-11(18)16(12(15)19)7-3-6-13/h5,9H,3-4,6-8,13H2,1-2H3. The van der Waals surface area contributed by atoms with Crippen molar-refractivity contribution in [2.45, 2.75) is 25.9 Å². The van der Waals surface area contributed by atoms with Gasteiger partial charge in [0, 0.05) is 45.9 Å². The van der Waals surface area contributed by atoms with Crippen LogP contribution in [0.25, 0.3) is 0 Å². The smallest absolute Gasteiger partial charge is 0.330 e. The van der Waals surface area contributed by atoms with Crippen LogP contribution in [0.3, 0.4) is 0 Å². The Hall–Kier alpha value is -1.89. The quantitative estimate of drug-likeness (QED) is 0.704. The molecule has 0 saturated heterocycles. The molecule has 0 radical (unpaired) electrons. The molecule has 0 aromatic carbocycles. The maximum atomic E-state index is 12.0. The fourth-order valence-electron chi connectivity index (χ4n) is 1.62. The topological polar surface area (TPSA) is 90.3 Å². The summed E-state index contributed by atoms with van der Waals surface area (Å²) in [6, 6.07) is 1.33. The number of amides is 1. The van der Waals surface area contributed by atoms with Crippen molar-refractivity contribution in [3.8, 4) is 0 Å². The molecule has 1 aromatic heterocycles. The van der Waals surface area contributed by atoms with E-state index in [1.807, 2.05) is 0 Å². The lowest BCUT2D eigenvalue weighted by molar-refractivity contribution is -0.128. The summed E-state index contributed by atoms with van der Waals surface area (Å²) >= 11 is 0. The van der Waals surface area contributed by atoms with Crippen LogP contribution in [0.4, 0.5) is 0 Å². The second kappa shape index (κ2) is 6.89. The van der Waals surface area contributed by atoms with Gasteiger partial charge in [-0.05, 0) is 13.0 Å². The van der Waals surface area contributed by atoms with Gasteiger partial charge in [0.15, 0.2) is 0 Å². The minimum atomic E-state index is -0.396. The molecule has 1 rings (SSSR count). The lowest BCUT2D eigenvalue weighted by atomic mass is 10.3. The Bertz CT molecular complexity index is 545. The number of hydrogen-bond acceptors (Lipinski definition) is 4. The molecular weight excluding hydrogens is 248 g/mol. The number of nitrogens with two attached hydrogens (primary N) is 1. The first-order valence-corrected chi connectivity index (χ1v) is 6.18. The van der Waals surface area contributed by atoms with Gasteiger partial charge >= 0.3 is 5.69 Å². The summed E-state index contributed by atoms with van der Waals surface area (Å²) in [4.78, 5) is 36.6. The molecule has 1 aromatic rings. The number of nitrogens with zero attached hydrogens (tertiary/aromatic N) is 3. The summed E-state index contributed by atoms with van der Waals surface area (Å²) in [6.07, 6.45) is 2.21.